The summed E-state index contributed by atoms with van der Waals surface area (Å²) in [6.45, 7) is 0. The second-order valence-corrected chi connectivity index (χ2v) is 26.3. The van der Waals surface area contributed by atoms with Gasteiger partial charge in [0.1, 0.15) is 0 Å². The molecule has 0 amide bonds. The molecular formula is C96H67ClN6. The van der Waals surface area contributed by atoms with Crippen LogP contribution in [0.4, 0.5) is 34.1 Å². The molecule has 4 heterocycles. The van der Waals surface area contributed by atoms with E-state index in [0.717, 1.165) is 44.8 Å². The number of anilines is 6. The van der Waals surface area contributed by atoms with Crippen LogP contribution in [-0.4, -0.2) is 18.7 Å². The third-order valence-electron chi connectivity index (χ3n) is 19.7. The zero-order valence-electron chi connectivity index (χ0n) is 56.2. The minimum Gasteiger partial charge on any atom is -0.355 e. The fourth-order valence-electron chi connectivity index (χ4n) is 15.1. The molecule has 1 N–H and O–H groups in total. The number of rotatable bonds is 11. The van der Waals surface area contributed by atoms with E-state index in [2.05, 4.69) is 374 Å². The van der Waals surface area contributed by atoms with Crippen molar-refractivity contribution >= 4 is 133 Å². The summed E-state index contributed by atoms with van der Waals surface area (Å²) in [5.74, 6) is 0. The number of fused-ring (bicyclic) bond motifs is 12. The predicted octanol–water partition coefficient (Wildman–Crippen LogP) is 26.9. The van der Waals surface area contributed by atoms with Crippen molar-refractivity contribution in [1.82, 2.24) is 18.7 Å². The van der Waals surface area contributed by atoms with E-state index in [1.807, 2.05) is 54.6 Å². The number of aromatic amines is 1. The molecule has 7 heteroatoms. The topological polar surface area (TPSA) is 37.1 Å². The fourth-order valence-corrected chi connectivity index (χ4v) is 15.2. The van der Waals surface area contributed by atoms with Crippen LogP contribution in [0.25, 0.3) is 127 Å². The van der Waals surface area contributed by atoms with Crippen molar-refractivity contribution in [3.8, 4) is 39.3 Å². The van der Waals surface area contributed by atoms with E-state index in [1.165, 1.54) is 121 Å². The van der Waals surface area contributed by atoms with Crippen LogP contribution in [0.3, 0.4) is 0 Å². The Morgan fingerprint density at radius 1 is 0.194 bits per heavy atom. The molecule has 4 aromatic heterocycles. The summed E-state index contributed by atoms with van der Waals surface area (Å²) in [7, 11) is 0. The van der Waals surface area contributed by atoms with Crippen LogP contribution in [0.15, 0.2) is 400 Å². The number of benzene rings is 16. The minimum absolute atomic E-state index is 0.736. The van der Waals surface area contributed by atoms with E-state index in [0.29, 0.717) is 0 Å². The SMILES string of the molecule is Clc1cccc(N(c2ccccc2)c2ccccc2)c1.c1ccc(-n2c3ccccc3c3cc(-c4ccc5[nH]c6ccccc6c5c4)ccc32)cc1.c1ccc(N(c2ccccc2)c2cccc(-n3c4ccccc4c4cc(-c5ccc6c(c5)c5ccccc5n6-c5ccccc5)ccc43)c2)cc1. The maximum atomic E-state index is 6.14. The third kappa shape index (κ3) is 11.7. The molecular weight excluding hydrogens is 1270 g/mol. The molecule has 0 saturated heterocycles. The highest BCUT2D eigenvalue weighted by molar-refractivity contribution is 6.31. The number of halogens is 1. The van der Waals surface area contributed by atoms with Crippen LogP contribution < -0.4 is 9.80 Å². The summed E-state index contributed by atoms with van der Waals surface area (Å²) in [5, 5.41) is 10.8. The number of nitrogens with zero attached hydrogens (tertiary/aromatic N) is 5. The summed E-state index contributed by atoms with van der Waals surface area (Å²) in [5.41, 5.74) is 24.6. The Morgan fingerprint density at radius 2 is 0.485 bits per heavy atom. The fraction of sp³-hybridized carbons (Fsp3) is 0. The number of H-pyrrole nitrogens is 1. The van der Waals surface area contributed by atoms with E-state index < -0.39 is 0 Å². The molecule has 6 nitrogen and oxygen atoms in total. The number of hydrogen-bond acceptors (Lipinski definition) is 2. The molecule has 0 atom stereocenters. The Bertz CT molecular complexity index is 6360. The lowest BCUT2D eigenvalue weighted by molar-refractivity contribution is 1.17. The zero-order chi connectivity index (χ0) is 68.6. The van der Waals surface area contributed by atoms with E-state index in [4.69, 9.17) is 11.6 Å². The molecule has 0 aliphatic carbocycles. The highest BCUT2D eigenvalue weighted by atomic mass is 35.5. The van der Waals surface area contributed by atoms with Gasteiger partial charge in [-0.05, 0) is 204 Å². The second kappa shape index (κ2) is 27.0. The van der Waals surface area contributed by atoms with Gasteiger partial charge >= 0.3 is 0 Å². The van der Waals surface area contributed by atoms with Gasteiger partial charge in [0.15, 0.2) is 0 Å². The average molecular weight is 1340 g/mol. The van der Waals surface area contributed by atoms with E-state index in [-0.39, 0.29) is 0 Å². The average Bonchev–Trinajstić information content (AvgIpc) is 1.60. The lowest BCUT2D eigenvalue weighted by atomic mass is 10.0. The van der Waals surface area contributed by atoms with Gasteiger partial charge in [0.2, 0.25) is 0 Å². The molecule has 0 aliphatic rings. The highest BCUT2D eigenvalue weighted by Gasteiger charge is 2.20. The van der Waals surface area contributed by atoms with Gasteiger partial charge in [-0.3, -0.25) is 0 Å². The van der Waals surface area contributed by atoms with Gasteiger partial charge in [-0.15, -0.1) is 0 Å². The van der Waals surface area contributed by atoms with Crippen LogP contribution in [-0.2, 0) is 0 Å². The molecule has 16 aromatic carbocycles. The Morgan fingerprint density at radius 3 is 0.903 bits per heavy atom. The second-order valence-electron chi connectivity index (χ2n) is 25.9. The third-order valence-corrected chi connectivity index (χ3v) is 19.9. The van der Waals surface area contributed by atoms with Crippen molar-refractivity contribution in [2.24, 2.45) is 0 Å². The van der Waals surface area contributed by atoms with Gasteiger partial charge in [-0.1, -0.05) is 230 Å². The largest absolute Gasteiger partial charge is 0.355 e. The summed E-state index contributed by atoms with van der Waals surface area (Å²) in [4.78, 5) is 8.03. The summed E-state index contributed by atoms with van der Waals surface area (Å²) in [6.07, 6.45) is 0. The summed E-state index contributed by atoms with van der Waals surface area (Å²) >= 11 is 6.14. The monoisotopic (exact) mass is 1340 g/mol. The first-order chi connectivity index (χ1) is 51.0. The van der Waals surface area contributed by atoms with Gasteiger partial charge in [-0.25, -0.2) is 0 Å². The lowest BCUT2D eigenvalue weighted by Crippen LogP contribution is -2.10. The molecule has 103 heavy (non-hydrogen) atoms. The molecule has 0 spiro atoms. The van der Waals surface area contributed by atoms with Gasteiger partial charge in [0.05, 0.1) is 33.1 Å². The van der Waals surface area contributed by atoms with Crippen LogP contribution in [0.5, 0.6) is 0 Å². The number of para-hydroxylation sites is 10. The lowest BCUT2D eigenvalue weighted by Gasteiger charge is -2.26. The molecule has 0 bridgehead atoms. The quantitative estimate of drug-likeness (QED) is 0.140. The van der Waals surface area contributed by atoms with Crippen molar-refractivity contribution in [3.63, 3.8) is 0 Å². The van der Waals surface area contributed by atoms with Crippen LogP contribution in [0, 0.1) is 0 Å². The summed E-state index contributed by atoms with van der Waals surface area (Å²) in [6, 6.07) is 142. The first-order valence-corrected chi connectivity index (χ1v) is 35.3. The summed E-state index contributed by atoms with van der Waals surface area (Å²) < 4.78 is 7.14. The molecule has 20 rings (SSSR count). The number of nitrogens with one attached hydrogen (secondary N) is 1. The zero-order valence-corrected chi connectivity index (χ0v) is 57.0. The van der Waals surface area contributed by atoms with Crippen LogP contribution >= 0.6 is 11.6 Å². The molecule has 0 aliphatic heterocycles. The van der Waals surface area contributed by atoms with Crippen molar-refractivity contribution in [2.45, 2.75) is 0 Å². The predicted molar refractivity (Wildman–Crippen MR) is 437 cm³/mol. The Kier molecular flexibility index (Phi) is 16.2. The Balaban J connectivity index is 0.000000123. The van der Waals surface area contributed by atoms with Gasteiger partial charge in [-0.2, -0.15) is 0 Å². The minimum atomic E-state index is 0.736. The van der Waals surface area contributed by atoms with Crippen LogP contribution in [0.2, 0.25) is 5.02 Å². The highest BCUT2D eigenvalue weighted by Crippen LogP contribution is 2.43. The first kappa shape index (κ1) is 61.9. The van der Waals surface area contributed by atoms with Gasteiger partial charge in [0.25, 0.3) is 0 Å². The van der Waals surface area contributed by atoms with E-state index >= 15 is 0 Å². The van der Waals surface area contributed by atoms with E-state index in [9.17, 15) is 0 Å². The molecule has 0 fully saturated rings. The van der Waals surface area contributed by atoms with Gasteiger partial charge in [0, 0.05) is 110 Å². The Labute approximate surface area is 602 Å². The molecule has 0 radical (unpaired) electrons. The van der Waals surface area contributed by atoms with Crippen molar-refractivity contribution in [2.75, 3.05) is 9.80 Å². The van der Waals surface area contributed by atoms with Crippen molar-refractivity contribution in [3.05, 3.63) is 405 Å². The van der Waals surface area contributed by atoms with Crippen molar-refractivity contribution < 1.29 is 0 Å². The smallest absolute Gasteiger partial charge is 0.0541 e. The number of hydrogen-bond donors (Lipinski definition) is 1. The maximum Gasteiger partial charge on any atom is 0.0541 e. The molecule has 0 saturated carbocycles. The normalized spacial score (nSPS) is 11.3. The standard InChI is InChI=1S/C48H33N3.C30H20N2.C18H14ClN/c1-4-15-36(16-5-1)49(37-17-6-2-7-18-37)39-21-14-22-40(33-39)51-46-26-13-11-24-42(46)44-32-35(28-30-48(44)51)34-27-29-47-43(31-34)41-23-10-12-25-45(41)50(47)38-19-8-3-9-20-38;1-2-8-22(9-3-1)32-29-13-7-5-11-24(29)26-19-21(15-17-30(26)32)20-14-16-28-25(18-20)23-10-4-6-12-27(23)31-28;19-15-8-7-13-18(14-15)20(16-9-3-1-4-10-16)17-11-5-2-6-12-17/h1-33H;1-19,31H;1-14H. The Hall–Kier alpha value is -13.4. The maximum absolute atomic E-state index is 6.14. The van der Waals surface area contributed by atoms with Crippen molar-refractivity contribution in [1.29, 1.82) is 0 Å². The van der Waals surface area contributed by atoms with Gasteiger partial charge < -0.3 is 28.5 Å². The number of aromatic nitrogens is 4. The van der Waals surface area contributed by atoms with Crippen LogP contribution in [0.1, 0.15) is 0 Å². The molecule has 20 aromatic rings. The molecule has 488 valence electrons. The first-order valence-electron chi connectivity index (χ1n) is 34.9. The van der Waals surface area contributed by atoms with E-state index in [1.54, 1.807) is 0 Å². The molecule has 0 unspecified atom stereocenters.